The van der Waals surface area contributed by atoms with Gasteiger partial charge < -0.3 is 13.4 Å². The Bertz CT molecular complexity index is 4100. The number of fused-ring (bicyclic) bond motifs is 14. The fraction of sp³-hybridized carbons (Fsp3) is 0. The van der Waals surface area contributed by atoms with Crippen molar-refractivity contribution in [1.82, 2.24) is 19.1 Å². The fourth-order valence-corrected chi connectivity index (χ4v) is 10.5. The molecule has 0 N–H and O–H groups in total. The van der Waals surface area contributed by atoms with Crippen molar-refractivity contribution in [3.05, 3.63) is 170 Å². The van der Waals surface area contributed by atoms with Gasteiger partial charge in [0.25, 0.3) is 0 Å². The average Bonchev–Trinajstić information content (AvgIpc) is 4.09. The van der Waals surface area contributed by atoms with Crippen molar-refractivity contribution in [1.29, 1.82) is 0 Å². The summed E-state index contributed by atoms with van der Waals surface area (Å²) in [5.74, 6) is 0. The first-order valence-corrected chi connectivity index (χ1v) is 20.5. The molecule has 0 aliphatic carbocycles. The number of rotatable bonds is 3. The van der Waals surface area contributed by atoms with E-state index in [1.165, 1.54) is 21.5 Å². The Morgan fingerprint density at radius 1 is 0.424 bits per heavy atom. The van der Waals surface area contributed by atoms with E-state index < -0.39 is 0 Å². The van der Waals surface area contributed by atoms with Crippen molar-refractivity contribution in [2.45, 2.75) is 0 Å². The highest BCUT2D eigenvalue weighted by Gasteiger charge is 2.20. The number of aromatic nitrogens is 4. The number of benzene rings is 8. The topological polar surface area (TPSA) is 61.9 Å². The predicted molar refractivity (Wildman–Crippen MR) is 244 cm³/mol. The Morgan fingerprint density at radius 2 is 1.07 bits per heavy atom. The third-order valence-corrected chi connectivity index (χ3v) is 13.2. The maximum absolute atomic E-state index is 6.43. The second-order valence-corrected chi connectivity index (χ2v) is 16.4. The first-order valence-electron chi connectivity index (χ1n) is 19.7. The summed E-state index contributed by atoms with van der Waals surface area (Å²) < 4.78 is 18.6. The van der Waals surface area contributed by atoms with Gasteiger partial charge in [-0.05, 0) is 89.3 Å². The zero-order valence-electron chi connectivity index (χ0n) is 31.2. The lowest BCUT2D eigenvalue weighted by Gasteiger charge is -2.10. The Kier molecular flexibility index (Phi) is 6.08. The molecule has 0 atom stereocenters. The van der Waals surface area contributed by atoms with Crippen LogP contribution in [0.25, 0.3) is 130 Å². The summed E-state index contributed by atoms with van der Waals surface area (Å²) >= 11 is 1.71. The molecule has 14 aromatic rings. The maximum atomic E-state index is 6.43. The molecule has 59 heavy (non-hydrogen) atoms. The van der Waals surface area contributed by atoms with Gasteiger partial charge in [0.15, 0.2) is 5.13 Å². The molecule has 0 spiro atoms. The van der Waals surface area contributed by atoms with Crippen molar-refractivity contribution in [2.75, 3.05) is 0 Å². The molecule has 6 heterocycles. The molecule has 274 valence electrons. The Balaban J connectivity index is 0.955. The first kappa shape index (κ1) is 31.4. The summed E-state index contributed by atoms with van der Waals surface area (Å²) in [6.45, 7) is 0. The van der Waals surface area contributed by atoms with Gasteiger partial charge in [0.1, 0.15) is 22.3 Å². The summed E-state index contributed by atoms with van der Waals surface area (Å²) in [6.07, 6.45) is 3.77. The second-order valence-electron chi connectivity index (χ2n) is 15.4. The summed E-state index contributed by atoms with van der Waals surface area (Å²) in [4.78, 5) is 9.68. The van der Waals surface area contributed by atoms with Crippen molar-refractivity contribution in [3.8, 4) is 21.9 Å². The van der Waals surface area contributed by atoms with Gasteiger partial charge in [-0.2, -0.15) is 0 Å². The van der Waals surface area contributed by atoms with Crippen LogP contribution in [-0.2, 0) is 0 Å². The van der Waals surface area contributed by atoms with Crippen molar-refractivity contribution in [2.24, 2.45) is 0 Å². The number of pyridine rings is 1. The van der Waals surface area contributed by atoms with E-state index in [1.54, 1.807) is 11.3 Å². The summed E-state index contributed by atoms with van der Waals surface area (Å²) in [6, 6.07) is 56.3. The molecule has 6 aromatic heterocycles. The number of thiazole rings is 1. The normalized spacial score (nSPS) is 12.4. The lowest BCUT2D eigenvalue weighted by atomic mass is 10.0. The molecule has 8 aromatic carbocycles. The standard InChI is InChI=1S/C52H28N4O2S/c1-4-10-43-34(7-1)38-24-40-35-8-2-5-11-47(35)58-50(40)27-46(38)56(43)52-54-42-23-30(15-18-51(42)59-52)29-14-17-44-37(22-29)39-25-41-36-9-3-6-12-48(36)57-49(41)26-45(39)55(44)33-16-13-32-28-53-20-19-31(32)21-33/h1-28H. The number of nitrogens with zero attached hydrogens (tertiary/aromatic N) is 4. The Morgan fingerprint density at radius 3 is 1.86 bits per heavy atom. The molecule has 0 saturated carbocycles. The summed E-state index contributed by atoms with van der Waals surface area (Å²) in [5, 5.41) is 12.4. The van der Waals surface area contributed by atoms with Crippen LogP contribution in [-0.4, -0.2) is 19.1 Å². The lowest BCUT2D eigenvalue weighted by Crippen LogP contribution is -1.94. The number of hydrogen-bond acceptors (Lipinski definition) is 5. The van der Waals surface area contributed by atoms with Crippen LogP contribution in [0.1, 0.15) is 0 Å². The van der Waals surface area contributed by atoms with Gasteiger partial charge in [-0.15, -0.1) is 0 Å². The molecule has 0 aliphatic heterocycles. The molecule has 0 bridgehead atoms. The van der Waals surface area contributed by atoms with Crippen molar-refractivity contribution >= 4 is 120 Å². The van der Waals surface area contributed by atoms with Crippen molar-refractivity contribution < 1.29 is 8.83 Å². The highest BCUT2D eigenvalue weighted by atomic mass is 32.1. The SMILES string of the molecule is c1ccc2c(c1)oc1cc3c(cc12)c1cc(-c2ccc4sc(-n5c6ccccc6c6cc7c(cc65)oc5ccccc57)nc4c2)ccc1n3-c1ccc2cnccc2c1. The molecular formula is C52H28N4O2S. The van der Waals surface area contributed by atoms with Crippen LogP contribution in [0, 0.1) is 0 Å². The number of para-hydroxylation sites is 3. The van der Waals surface area contributed by atoms with Gasteiger partial charge in [-0.3, -0.25) is 9.55 Å². The smallest absolute Gasteiger partial charge is 0.195 e. The van der Waals surface area contributed by atoms with Crippen LogP contribution in [0.3, 0.4) is 0 Å². The van der Waals surface area contributed by atoms with E-state index in [0.717, 1.165) is 109 Å². The van der Waals surface area contributed by atoms with Crippen LogP contribution in [0.5, 0.6) is 0 Å². The maximum Gasteiger partial charge on any atom is 0.195 e. The van der Waals surface area contributed by atoms with Crippen molar-refractivity contribution in [3.63, 3.8) is 0 Å². The van der Waals surface area contributed by atoms with E-state index in [0.29, 0.717) is 0 Å². The van der Waals surface area contributed by atoms with Gasteiger partial charge in [0, 0.05) is 78.7 Å². The minimum absolute atomic E-state index is 0.877. The lowest BCUT2D eigenvalue weighted by molar-refractivity contribution is 0.669. The molecule has 14 rings (SSSR count). The molecule has 6 nitrogen and oxygen atoms in total. The first-order chi connectivity index (χ1) is 29.2. The van der Waals surface area contributed by atoms with E-state index in [1.807, 2.05) is 36.7 Å². The third-order valence-electron chi connectivity index (χ3n) is 12.2. The molecular weight excluding hydrogens is 745 g/mol. The minimum Gasteiger partial charge on any atom is -0.456 e. The van der Waals surface area contributed by atoms with E-state index in [2.05, 4.69) is 148 Å². The monoisotopic (exact) mass is 772 g/mol. The largest absolute Gasteiger partial charge is 0.456 e. The van der Waals surface area contributed by atoms with Crippen LogP contribution in [0.4, 0.5) is 0 Å². The van der Waals surface area contributed by atoms with Gasteiger partial charge in [-0.1, -0.05) is 84.1 Å². The van der Waals surface area contributed by atoms with Crippen LogP contribution >= 0.6 is 11.3 Å². The fourth-order valence-electron chi connectivity index (χ4n) is 9.49. The highest BCUT2D eigenvalue weighted by Crippen LogP contribution is 2.42. The van der Waals surface area contributed by atoms with E-state index in [4.69, 9.17) is 13.8 Å². The van der Waals surface area contributed by atoms with Crippen LogP contribution in [0.2, 0.25) is 0 Å². The predicted octanol–water partition coefficient (Wildman–Crippen LogP) is 14.5. The molecule has 0 saturated heterocycles. The molecule has 7 heteroatoms. The van der Waals surface area contributed by atoms with Gasteiger partial charge in [0.05, 0.1) is 32.3 Å². The average molecular weight is 773 g/mol. The van der Waals surface area contributed by atoms with Gasteiger partial charge in [-0.25, -0.2) is 4.98 Å². The Labute approximate surface area is 338 Å². The van der Waals surface area contributed by atoms with E-state index in [-0.39, 0.29) is 0 Å². The molecule has 0 aliphatic rings. The summed E-state index contributed by atoms with van der Waals surface area (Å²) in [7, 11) is 0. The number of furan rings is 2. The summed E-state index contributed by atoms with van der Waals surface area (Å²) in [5.41, 5.74) is 12.3. The quantitative estimate of drug-likeness (QED) is 0.179. The van der Waals surface area contributed by atoms with Gasteiger partial charge in [0.2, 0.25) is 0 Å². The molecule has 0 fully saturated rings. The third kappa shape index (κ3) is 4.39. The second kappa shape index (κ2) is 11.4. The van der Waals surface area contributed by atoms with E-state index >= 15 is 0 Å². The number of hydrogen-bond donors (Lipinski definition) is 0. The van der Waals surface area contributed by atoms with Gasteiger partial charge >= 0.3 is 0 Å². The molecule has 0 amide bonds. The Hall–Kier alpha value is -7.74. The highest BCUT2D eigenvalue weighted by molar-refractivity contribution is 7.20. The van der Waals surface area contributed by atoms with Crippen LogP contribution in [0.15, 0.2) is 179 Å². The zero-order chi connectivity index (χ0) is 38.3. The molecule has 0 radical (unpaired) electrons. The van der Waals surface area contributed by atoms with Crippen LogP contribution < -0.4 is 0 Å². The van der Waals surface area contributed by atoms with E-state index in [9.17, 15) is 0 Å². The minimum atomic E-state index is 0.877. The molecule has 0 unspecified atom stereocenters. The zero-order valence-corrected chi connectivity index (χ0v) is 32.0.